The van der Waals surface area contributed by atoms with Crippen LogP contribution in [0, 0.1) is 0 Å². The minimum Gasteiger partial charge on any atom is -0.382 e. The van der Waals surface area contributed by atoms with E-state index in [2.05, 4.69) is 15.2 Å². The van der Waals surface area contributed by atoms with Crippen molar-refractivity contribution in [2.24, 2.45) is 0 Å². The van der Waals surface area contributed by atoms with Crippen LogP contribution in [0.2, 0.25) is 5.02 Å². The first-order valence-electron chi connectivity index (χ1n) is 4.82. The number of anilines is 1. The van der Waals surface area contributed by atoms with E-state index < -0.39 is 0 Å². The predicted octanol–water partition coefficient (Wildman–Crippen LogP) is 2.79. The predicted molar refractivity (Wildman–Crippen MR) is 65.3 cm³/mol. The van der Waals surface area contributed by atoms with Crippen molar-refractivity contribution < 1.29 is 0 Å². The van der Waals surface area contributed by atoms with Gasteiger partial charge in [0.2, 0.25) is 0 Å². The maximum absolute atomic E-state index is 6.09. The van der Waals surface area contributed by atoms with E-state index in [1.54, 1.807) is 6.07 Å². The quantitative estimate of drug-likeness (QED) is 0.604. The minimum absolute atomic E-state index is 0.472. The maximum Gasteiger partial charge on any atom is 0.145 e. The summed E-state index contributed by atoms with van der Waals surface area (Å²) in [4.78, 5) is 3.25. The summed E-state index contributed by atoms with van der Waals surface area (Å²) in [7, 11) is 0. The molecule has 2 aromatic heterocycles. The molecule has 0 atom stereocenters. The summed E-state index contributed by atoms with van der Waals surface area (Å²) in [5, 5.41) is 8.46. The van der Waals surface area contributed by atoms with E-state index in [1.165, 1.54) is 0 Å². The van der Waals surface area contributed by atoms with Gasteiger partial charge in [-0.05, 0) is 18.2 Å². The highest BCUT2D eigenvalue weighted by Gasteiger charge is 2.07. The molecule has 16 heavy (non-hydrogen) atoms. The summed E-state index contributed by atoms with van der Waals surface area (Å²) >= 11 is 6.09. The summed E-state index contributed by atoms with van der Waals surface area (Å²) in [5.74, 6) is 0.472. The number of hydrogen-bond donors (Lipinski definition) is 3. The Morgan fingerprint density at radius 2 is 2.06 bits per heavy atom. The first-order valence-corrected chi connectivity index (χ1v) is 5.20. The smallest absolute Gasteiger partial charge is 0.145 e. The summed E-state index contributed by atoms with van der Waals surface area (Å²) in [6, 6.07) is 9.50. The van der Waals surface area contributed by atoms with Crippen LogP contribution < -0.4 is 5.73 Å². The van der Waals surface area contributed by atoms with Gasteiger partial charge in [0.05, 0.1) is 11.4 Å². The van der Waals surface area contributed by atoms with Gasteiger partial charge in [-0.15, -0.1) is 0 Å². The standard InChI is InChI=1S/C11H9ClN4/c12-7-2-1-3-8-6(7)4-9(14-8)10-5-11(13)16-15-10/h1-5,14H,(H3,13,15,16). The number of aromatic nitrogens is 3. The molecule has 0 bridgehead atoms. The molecular weight excluding hydrogens is 224 g/mol. The van der Waals surface area contributed by atoms with E-state index in [4.69, 9.17) is 17.3 Å². The zero-order valence-corrected chi connectivity index (χ0v) is 9.05. The normalized spacial score (nSPS) is 11.1. The van der Waals surface area contributed by atoms with Crippen molar-refractivity contribution in [2.45, 2.75) is 0 Å². The molecule has 0 saturated heterocycles. The number of H-pyrrole nitrogens is 2. The molecule has 0 spiro atoms. The highest BCUT2D eigenvalue weighted by molar-refractivity contribution is 6.35. The van der Waals surface area contributed by atoms with E-state index in [-0.39, 0.29) is 0 Å². The third kappa shape index (κ3) is 1.35. The zero-order valence-electron chi connectivity index (χ0n) is 8.29. The molecule has 0 aliphatic rings. The van der Waals surface area contributed by atoms with Gasteiger partial charge in [-0.3, -0.25) is 5.10 Å². The molecule has 80 valence electrons. The fraction of sp³-hybridized carbons (Fsp3) is 0. The lowest BCUT2D eigenvalue weighted by Crippen LogP contribution is -1.81. The average Bonchev–Trinajstić information content (AvgIpc) is 2.84. The topological polar surface area (TPSA) is 70.5 Å². The van der Waals surface area contributed by atoms with E-state index in [1.807, 2.05) is 24.3 Å². The van der Waals surface area contributed by atoms with Gasteiger partial charge in [-0.1, -0.05) is 17.7 Å². The number of rotatable bonds is 1. The van der Waals surface area contributed by atoms with Gasteiger partial charge < -0.3 is 10.7 Å². The van der Waals surface area contributed by atoms with E-state index in [0.717, 1.165) is 27.3 Å². The Hall–Kier alpha value is -1.94. The van der Waals surface area contributed by atoms with Gasteiger partial charge in [0.15, 0.2) is 0 Å². The van der Waals surface area contributed by atoms with Gasteiger partial charge in [0.1, 0.15) is 5.82 Å². The van der Waals surface area contributed by atoms with Crippen LogP contribution in [-0.2, 0) is 0 Å². The number of hydrogen-bond acceptors (Lipinski definition) is 2. The van der Waals surface area contributed by atoms with Crippen LogP contribution in [0.3, 0.4) is 0 Å². The number of nitrogens with one attached hydrogen (secondary N) is 2. The molecule has 3 aromatic rings. The highest BCUT2D eigenvalue weighted by atomic mass is 35.5. The van der Waals surface area contributed by atoms with E-state index in [9.17, 15) is 0 Å². The van der Waals surface area contributed by atoms with Crippen molar-refractivity contribution in [3.05, 3.63) is 35.4 Å². The zero-order chi connectivity index (χ0) is 11.1. The number of benzene rings is 1. The number of nitrogens with two attached hydrogens (primary N) is 1. The largest absolute Gasteiger partial charge is 0.382 e. The van der Waals surface area contributed by atoms with Crippen LogP contribution in [0.25, 0.3) is 22.3 Å². The number of nitrogen functional groups attached to an aromatic ring is 1. The van der Waals surface area contributed by atoms with E-state index >= 15 is 0 Å². The lowest BCUT2D eigenvalue weighted by atomic mass is 10.2. The molecule has 0 aliphatic carbocycles. The van der Waals surface area contributed by atoms with Crippen LogP contribution in [0.15, 0.2) is 30.3 Å². The van der Waals surface area contributed by atoms with Crippen LogP contribution >= 0.6 is 11.6 Å². The van der Waals surface area contributed by atoms with Crippen molar-refractivity contribution in [3.63, 3.8) is 0 Å². The summed E-state index contributed by atoms with van der Waals surface area (Å²) < 4.78 is 0. The number of nitrogens with zero attached hydrogens (tertiary/aromatic N) is 1. The molecule has 4 N–H and O–H groups in total. The molecular formula is C11H9ClN4. The number of fused-ring (bicyclic) bond motifs is 1. The lowest BCUT2D eigenvalue weighted by molar-refractivity contribution is 1.10. The van der Waals surface area contributed by atoms with Gasteiger partial charge >= 0.3 is 0 Å². The third-order valence-electron chi connectivity index (χ3n) is 2.50. The Labute approximate surface area is 96.4 Å². The molecule has 0 aliphatic heterocycles. The first-order chi connectivity index (χ1) is 7.74. The number of halogens is 1. The first kappa shape index (κ1) is 9.30. The molecule has 1 aromatic carbocycles. The molecule has 2 heterocycles. The Morgan fingerprint density at radius 1 is 1.19 bits per heavy atom. The third-order valence-corrected chi connectivity index (χ3v) is 2.83. The Bertz CT molecular complexity index is 653. The Balaban J connectivity index is 2.22. The Morgan fingerprint density at radius 3 is 2.75 bits per heavy atom. The van der Waals surface area contributed by atoms with Crippen molar-refractivity contribution in [1.29, 1.82) is 0 Å². The van der Waals surface area contributed by atoms with Crippen molar-refractivity contribution in [3.8, 4) is 11.4 Å². The van der Waals surface area contributed by atoms with Crippen LogP contribution in [-0.4, -0.2) is 15.2 Å². The fourth-order valence-electron chi connectivity index (χ4n) is 1.74. The molecule has 0 radical (unpaired) electrons. The highest BCUT2D eigenvalue weighted by Crippen LogP contribution is 2.28. The second kappa shape index (κ2) is 3.28. The molecule has 0 saturated carbocycles. The summed E-state index contributed by atoms with van der Waals surface area (Å²) in [6.07, 6.45) is 0. The molecule has 0 fully saturated rings. The second-order valence-electron chi connectivity index (χ2n) is 3.59. The molecule has 3 rings (SSSR count). The van der Waals surface area contributed by atoms with E-state index in [0.29, 0.717) is 5.82 Å². The molecule has 5 heteroatoms. The Kier molecular flexibility index (Phi) is 1.91. The molecule has 4 nitrogen and oxygen atoms in total. The second-order valence-corrected chi connectivity index (χ2v) is 4.00. The van der Waals surface area contributed by atoms with Gasteiger partial charge in [0.25, 0.3) is 0 Å². The minimum atomic E-state index is 0.472. The van der Waals surface area contributed by atoms with Crippen LogP contribution in [0.5, 0.6) is 0 Å². The molecule has 0 unspecified atom stereocenters. The lowest BCUT2D eigenvalue weighted by Gasteiger charge is -1.90. The maximum atomic E-state index is 6.09. The SMILES string of the molecule is Nc1cc(-c2cc3c(Cl)cccc3[nH]2)[nH]n1. The van der Waals surface area contributed by atoms with Crippen molar-refractivity contribution in [2.75, 3.05) is 5.73 Å². The monoisotopic (exact) mass is 232 g/mol. The van der Waals surface area contributed by atoms with Crippen LogP contribution in [0.4, 0.5) is 5.82 Å². The number of aromatic amines is 2. The summed E-state index contributed by atoms with van der Waals surface area (Å²) in [6.45, 7) is 0. The van der Waals surface area contributed by atoms with Crippen molar-refractivity contribution >= 4 is 28.3 Å². The van der Waals surface area contributed by atoms with Gasteiger partial charge in [-0.2, -0.15) is 5.10 Å². The van der Waals surface area contributed by atoms with Gasteiger partial charge in [-0.25, -0.2) is 0 Å². The van der Waals surface area contributed by atoms with Crippen molar-refractivity contribution in [1.82, 2.24) is 15.2 Å². The average molecular weight is 233 g/mol. The van der Waals surface area contributed by atoms with Gasteiger partial charge in [0, 0.05) is 22.0 Å². The fourth-order valence-corrected chi connectivity index (χ4v) is 1.97. The summed E-state index contributed by atoms with van der Waals surface area (Å²) in [5.41, 5.74) is 8.33. The van der Waals surface area contributed by atoms with Crippen LogP contribution in [0.1, 0.15) is 0 Å². The molecule has 0 amide bonds.